The van der Waals surface area contributed by atoms with Crippen LogP contribution in [0.3, 0.4) is 0 Å². The molecule has 98 valence electrons. The average Bonchev–Trinajstić information content (AvgIpc) is 2.28. The second-order valence-corrected chi connectivity index (χ2v) is 6.97. The Bertz CT molecular complexity index is 318. The van der Waals surface area contributed by atoms with E-state index < -0.39 is 6.10 Å². The molecule has 0 heterocycles. The van der Waals surface area contributed by atoms with Gasteiger partial charge >= 0.3 is 0 Å². The number of carbonyl (C=O) groups excluding carboxylic acids is 1. The molecular formula is C14H24O3. The standard InChI is InChI=1S/C14H24O3/c1-13(2,3)17-12-6-5-9-10(15)7-14(12,4)8-11(9)16/h9-10,12,15H,5-8H2,1-4H3/t9-,10+,12+,14+/m1/s1. The van der Waals surface area contributed by atoms with E-state index in [9.17, 15) is 9.90 Å². The first-order valence-corrected chi connectivity index (χ1v) is 6.60. The predicted molar refractivity (Wildman–Crippen MR) is 65.7 cm³/mol. The molecule has 3 rings (SSSR count). The fourth-order valence-corrected chi connectivity index (χ4v) is 3.34. The van der Waals surface area contributed by atoms with Gasteiger partial charge in [0.25, 0.3) is 0 Å². The summed E-state index contributed by atoms with van der Waals surface area (Å²) in [7, 11) is 0. The van der Waals surface area contributed by atoms with Gasteiger partial charge in [-0.25, -0.2) is 0 Å². The molecule has 17 heavy (non-hydrogen) atoms. The van der Waals surface area contributed by atoms with E-state index in [-0.39, 0.29) is 28.8 Å². The summed E-state index contributed by atoms with van der Waals surface area (Å²) in [5.41, 5.74) is -0.374. The van der Waals surface area contributed by atoms with Crippen molar-refractivity contribution in [2.24, 2.45) is 11.3 Å². The van der Waals surface area contributed by atoms with Gasteiger partial charge in [-0.05, 0) is 40.0 Å². The number of ketones is 1. The first-order valence-electron chi connectivity index (χ1n) is 6.60. The smallest absolute Gasteiger partial charge is 0.139 e. The van der Waals surface area contributed by atoms with Crippen LogP contribution < -0.4 is 0 Å². The van der Waals surface area contributed by atoms with Crippen molar-refractivity contribution < 1.29 is 14.6 Å². The molecule has 3 heteroatoms. The van der Waals surface area contributed by atoms with Crippen LogP contribution in [0.1, 0.15) is 53.4 Å². The van der Waals surface area contributed by atoms with E-state index in [0.29, 0.717) is 12.8 Å². The van der Waals surface area contributed by atoms with Crippen molar-refractivity contribution in [3.05, 3.63) is 0 Å². The quantitative estimate of drug-likeness (QED) is 0.765. The fraction of sp³-hybridized carbons (Fsp3) is 0.929. The number of hydrogen-bond donors (Lipinski definition) is 1. The Labute approximate surface area is 104 Å². The van der Waals surface area contributed by atoms with Crippen LogP contribution in [0.15, 0.2) is 0 Å². The Balaban J connectivity index is 2.22. The summed E-state index contributed by atoms with van der Waals surface area (Å²) < 4.78 is 6.13. The first-order chi connectivity index (χ1) is 7.71. The van der Waals surface area contributed by atoms with Crippen molar-refractivity contribution >= 4 is 5.78 Å². The number of fused-ring (bicyclic) bond motifs is 4. The van der Waals surface area contributed by atoms with Crippen molar-refractivity contribution in [1.82, 2.24) is 0 Å². The number of rotatable bonds is 1. The summed E-state index contributed by atoms with van der Waals surface area (Å²) in [5, 5.41) is 10.1. The van der Waals surface area contributed by atoms with Gasteiger partial charge in [-0.3, -0.25) is 4.79 Å². The molecular weight excluding hydrogens is 216 g/mol. The molecule has 4 atom stereocenters. The summed E-state index contributed by atoms with van der Waals surface area (Å²) in [6.07, 6.45) is 2.56. The van der Waals surface area contributed by atoms with Gasteiger partial charge in [-0.15, -0.1) is 0 Å². The number of carbonyl (C=O) groups is 1. The zero-order valence-electron chi connectivity index (χ0n) is 11.3. The summed E-state index contributed by atoms with van der Waals surface area (Å²) in [6, 6.07) is 0. The van der Waals surface area contributed by atoms with E-state index in [0.717, 1.165) is 12.8 Å². The minimum Gasteiger partial charge on any atom is -0.392 e. The fourth-order valence-electron chi connectivity index (χ4n) is 3.34. The zero-order valence-corrected chi connectivity index (χ0v) is 11.3. The molecule has 2 bridgehead atoms. The second kappa shape index (κ2) is 4.06. The Kier molecular flexibility index (Phi) is 3.11. The van der Waals surface area contributed by atoms with Crippen LogP contribution >= 0.6 is 0 Å². The Morgan fingerprint density at radius 3 is 2.53 bits per heavy atom. The van der Waals surface area contributed by atoms with Crippen molar-refractivity contribution in [2.75, 3.05) is 0 Å². The van der Waals surface area contributed by atoms with Crippen molar-refractivity contribution in [2.45, 2.75) is 71.2 Å². The maximum atomic E-state index is 12.0. The van der Waals surface area contributed by atoms with Crippen molar-refractivity contribution in [1.29, 1.82) is 0 Å². The molecule has 3 saturated carbocycles. The summed E-state index contributed by atoms with van der Waals surface area (Å²) in [6.45, 7) is 8.23. The lowest BCUT2D eigenvalue weighted by Gasteiger charge is -2.42. The molecule has 0 spiro atoms. The highest BCUT2D eigenvalue weighted by atomic mass is 16.5. The lowest BCUT2D eigenvalue weighted by atomic mass is 9.69. The molecule has 0 aromatic heterocycles. The number of Topliss-reactive ketones (excluding diaryl/α,β-unsaturated/α-hetero) is 1. The van der Waals surface area contributed by atoms with Crippen LogP contribution in [0.2, 0.25) is 0 Å². The highest BCUT2D eigenvalue weighted by molar-refractivity contribution is 5.83. The minimum absolute atomic E-state index is 0.0913. The van der Waals surface area contributed by atoms with Gasteiger partial charge in [0.15, 0.2) is 0 Å². The summed E-state index contributed by atoms with van der Waals surface area (Å²) in [4.78, 5) is 12.0. The van der Waals surface area contributed by atoms with Gasteiger partial charge in [0.1, 0.15) is 5.78 Å². The summed E-state index contributed by atoms with van der Waals surface area (Å²) in [5.74, 6) is 0.0860. The van der Waals surface area contributed by atoms with Crippen LogP contribution in [-0.2, 0) is 9.53 Å². The topological polar surface area (TPSA) is 46.5 Å². The molecule has 0 radical (unpaired) electrons. The van der Waals surface area contributed by atoms with Crippen LogP contribution in [0, 0.1) is 11.3 Å². The monoisotopic (exact) mass is 240 g/mol. The number of aliphatic hydroxyl groups excluding tert-OH is 1. The molecule has 1 N–H and O–H groups in total. The largest absolute Gasteiger partial charge is 0.392 e. The molecule has 0 aromatic carbocycles. The van der Waals surface area contributed by atoms with Crippen molar-refractivity contribution in [3.8, 4) is 0 Å². The van der Waals surface area contributed by atoms with E-state index >= 15 is 0 Å². The normalized spacial score (nSPS) is 42.6. The molecule has 3 aliphatic carbocycles. The number of aliphatic hydroxyl groups is 1. The third-order valence-corrected chi connectivity index (χ3v) is 4.14. The summed E-state index contributed by atoms with van der Waals surface area (Å²) >= 11 is 0. The molecule has 3 fully saturated rings. The van der Waals surface area contributed by atoms with E-state index in [4.69, 9.17) is 4.74 Å². The zero-order chi connectivity index (χ0) is 12.8. The maximum absolute atomic E-state index is 12.0. The van der Waals surface area contributed by atoms with Crippen molar-refractivity contribution in [3.63, 3.8) is 0 Å². The SMILES string of the molecule is CC(C)(C)O[C@H]1CC[C@H]2C(=O)C[C@]1(C)C[C@@H]2O. The highest BCUT2D eigenvalue weighted by Crippen LogP contribution is 2.48. The van der Waals surface area contributed by atoms with E-state index in [1.54, 1.807) is 0 Å². The number of ether oxygens (including phenoxy) is 1. The average molecular weight is 240 g/mol. The maximum Gasteiger partial charge on any atom is 0.139 e. The van der Waals surface area contributed by atoms with Gasteiger partial charge < -0.3 is 9.84 Å². The molecule has 0 aliphatic heterocycles. The lowest BCUT2D eigenvalue weighted by Crippen LogP contribution is -2.45. The molecule has 3 nitrogen and oxygen atoms in total. The van der Waals surface area contributed by atoms with Crippen LogP contribution in [-0.4, -0.2) is 28.7 Å². The second-order valence-electron chi connectivity index (χ2n) is 6.97. The van der Waals surface area contributed by atoms with Gasteiger partial charge in [-0.1, -0.05) is 6.92 Å². The molecule has 0 aromatic rings. The Morgan fingerprint density at radius 1 is 1.35 bits per heavy atom. The van der Waals surface area contributed by atoms with E-state index in [2.05, 4.69) is 6.92 Å². The minimum atomic E-state index is -0.463. The lowest BCUT2D eigenvalue weighted by molar-refractivity contribution is -0.147. The van der Waals surface area contributed by atoms with Gasteiger partial charge in [0, 0.05) is 17.8 Å². The third-order valence-electron chi connectivity index (χ3n) is 4.14. The van der Waals surface area contributed by atoms with Crippen LogP contribution in [0.5, 0.6) is 0 Å². The molecule has 0 unspecified atom stereocenters. The van der Waals surface area contributed by atoms with Gasteiger partial charge in [0.05, 0.1) is 17.8 Å². The highest BCUT2D eigenvalue weighted by Gasteiger charge is 2.50. The van der Waals surface area contributed by atoms with Crippen LogP contribution in [0.25, 0.3) is 0 Å². The van der Waals surface area contributed by atoms with E-state index in [1.807, 2.05) is 20.8 Å². The van der Waals surface area contributed by atoms with Crippen LogP contribution in [0.4, 0.5) is 0 Å². The number of hydrogen-bond acceptors (Lipinski definition) is 3. The van der Waals surface area contributed by atoms with E-state index in [1.165, 1.54) is 0 Å². The third kappa shape index (κ3) is 2.55. The van der Waals surface area contributed by atoms with Gasteiger partial charge in [0.2, 0.25) is 0 Å². The van der Waals surface area contributed by atoms with Gasteiger partial charge in [-0.2, -0.15) is 0 Å². The molecule has 3 aliphatic rings. The Morgan fingerprint density at radius 2 is 2.00 bits per heavy atom. The predicted octanol–water partition coefficient (Wildman–Crippen LogP) is 2.31. The first kappa shape index (κ1) is 13.0. The molecule has 0 saturated heterocycles. The Hall–Kier alpha value is -0.410. The molecule has 0 amide bonds.